The van der Waals surface area contributed by atoms with Crippen LogP contribution in [0.25, 0.3) is 33.0 Å². The first-order valence-electron chi connectivity index (χ1n) is 10.1. The molecule has 186 valence electrons. The molecule has 0 unspecified atom stereocenters. The summed E-state index contributed by atoms with van der Waals surface area (Å²) in [6.45, 7) is 1.83. The predicted octanol–water partition coefficient (Wildman–Crippen LogP) is 5.53. The van der Waals surface area contributed by atoms with Crippen LogP contribution in [0.2, 0.25) is 0 Å². The fraction of sp³-hybridized carbons (Fsp3) is 0.190. The van der Waals surface area contributed by atoms with E-state index in [1.807, 2.05) is 6.92 Å². The second-order valence-corrected chi connectivity index (χ2v) is 10.7. The molecule has 0 bridgehead atoms. The second kappa shape index (κ2) is 10.3. The van der Waals surface area contributed by atoms with Gasteiger partial charge in [0.1, 0.15) is 9.79 Å². The molecule has 2 aromatic rings. The lowest BCUT2D eigenvalue weighted by Crippen LogP contribution is -2.18. The van der Waals surface area contributed by atoms with Crippen LogP contribution in [0, 0.1) is 5.92 Å². The number of carbonyl (C=O) groups excluding carboxylic acids is 1. The summed E-state index contributed by atoms with van der Waals surface area (Å²) >= 11 is 0. The molecule has 0 amide bonds. The largest absolute Gasteiger partial charge is 0.295 e. The van der Waals surface area contributed by atoms with Gasteiger partial charge < -0.3 is 0 Å². The van der Waals surface area contributed by atoms with Crippen molar-refractivity contribution in [1.29, 1.82) is 0 Å². The van der Waals surface area contributed by atoms with Crippen LogP contribution in [-0.4, -0.2) is 31.7 Å². The summed E-state index contributed by atoms with van der Waals surface area (Å²) in [5.41, 5.74) is 17.4. The third-order valence-corrected chi connectivity index (χ3v) is 7.07. The summed E-state index contributed by atoms with van der Waals surface area (Å²) in [5, 5.41) is 6.63. The van der Waals surface area contributed by atoms with Gasteiger partial charge in [0, 0.05) is 32.3 Å². The van der Waals surface area contributed by atoms with Gasteiger partial charge in [0.15, 0.2) is 5.78 Å². The van der Waals surface area contributed by atoms with Gasteiger partial charge in [0.25, 0.3) is 20.2 Å². The Morgan fingerprint density at radius 3 is 1.56 bits per heavy atom. The zero-order chi connectivity index (χ0) is 26.7. The number of carbonyl (C=O) groups is 1. The van der Waals surface area contributed by atoms with Crippen molar-refractivity contribution >= 4 is 49.5 Å². The Morgan fingerprint density at radius 2 is 1.22 bits per heavy atom. The molecule has 0 aliphatic heterocycles. The topological polar surface area (TPSA) is 223 Å². The van der Waals surface area contributed by atoms with Crippen molar-refractivity contribution in [2.24, 2.45) is 16.1 Å². The van der Waals surface area contributed by atoms with E-state index < -0.39 is 35.8 Å². The van der Waals surface area contributed by atoms with E-state index in [9.17, 15) is 30.7 Å². The number of Topliss-reactive ketones (excluding diaryl/α,β-unsaturated/α-hetero) is 1. The molecule has 0 saturated heterocycles. The Bertz CT molecular complexity index is 1510. The monoisotopic (exact) mass is 530 g/mol. The summed E-state index contributed by atoms with van der Waals surface area (Å²) in [4.78, 5) is 17.3. The lowest BCUT2D eigenvalue weighted by Gasteiger charge is -2.23. The minimum absolute atomic E-state index is 0.0106. The van der Waals surface area contributed by atoms with E-state index in [4.69, 9.17) is 11.1 Å². The molecular weight excluding hydrogens is 512 g/mol. The fourth-order valence-electron chi connectivity index (χ4n) is 3.80. The standard InChI is InChI=1S/C21H18N6O7S2/c1-12-6-15(8-13-2-4-17(24-26-22)10-19(13)35(29,30)31)21(28)16(7-12)9-14-3-5-18(25-27-23)11-20(14)36(32,33)34/h2-5,8-12H,6-7H2,1H3,(H,29,30,31)(H,32,33,34). The van der Waals surface area contributed by atoms with E-state index >= 15 is 0 Å². The highest BCUT2D eigenvalue weighted by Gasteiger charge is 2.27. The van der Waals surface area contributed by atoms with Gasteiger partial charge in [0.2, 0.25) is 0 Å². The Morgan fingerprint density at radius 1 is 0.833 bits per heavy atom. The molecule has 0 spiro atoms. The first-order chi connectivity index (χ1) is 16.8. The first-order valence-corrected chi connectivity index (χ1v) is 13.0. The molecule has 3 rings (SSSR count). The maximum atomic E-state index is 13.2. The number of benzene rings is 2. The SMILES string of the molecule is CC1CC(=Cc2ccc(N=[N+]=[N-])cc2S(=O)(=O)O)C(=O)C(=Cc2ccc(N=[N+]=[N-])cc2S(=O)(=O)O)C1. The van der Waals surface area contributed by atoms with Gasteiger partial charge in [0.05, 0.1) is 0 Å². The van der Waals surface area contributed by atoms with Crippen molar-refractivity contribution < 1.29 is 30.7 Å². The van der Waals surface area contributed by atoms with E-state index in [0.717, 1.165) is 12.1 Å². The van der Waals surface area contributed by atoms with Crippen molar-refractivity contribution in [2.75, 3.05) is 0 Å². The maximum absolute atomic E-state index is 13.2. The lowest BCUT2D eigenvalue weighted by atomic mass is 9.81. The minimum atomic E-state index is -4.73. The van der Waals surface area contributed by atoms with Crippen molar-refractivity contribution in [1.82, 2.24) is 0 Å². The number of rotatable bonds is 6. The lowest BCUT2D eigenvalue weighted by molar-refractivity contribution is -0.113. The van der Waals surface area contributed by atoms with Gasteiger partial charge in [-0.2, -0.15) is 16.8 Å². The van der Waals surface area contributed by atoms with Crippen LogP contribution in [-0.2, 0) is 25.0 Å². The first kappa shape index (κ1) is 26.6. The molecule has 13 nitrogen and oxygen atoms in total. The second-order valence-electron chi connectivity index (χ2n) is 7.95. The van der Waals surface area contributed by atoms with Crippen LogP contribution in [0.15, 0.2) is 67.6 Å². The van der Waals surface area contributed by atoms with Crippen LogP contribution in [0.4, 0.5) is 11.4 Å². The Labute approximate surface area is 205 Å². The summed E-state index contributed by atoms with van der Waals surface area (Å²) < 4.78 is 66.8. The van der Waals surface area contributed by atoms with Crippen LogP contribution >= 0.6 is 0 Å². The molecule has 0 radical (unpaired) electrons. The van der Waals surface area contributed by atoms with E-state index in [2.05, 4.69) is 20.1 Å². The Balaban J connectivity index is 2.14. The van der Waals surface area contributed by atoms with E-state index in [1.54, 1.807) is 0 Å². The Kier molecular flexibility index (Phi) is 7.65. The van der Waals surface area contributed by atoms with Gasteiger partial charge in [-0.25, -0.2) is 0 Å². The summed E-state index contributed by atoms with van der Waals surface area (Å²) in [6.07, 6.45) is 3.12. The smallest absolute Gasteiger partial charge is 0.289 e. The summed E-state index contributed by atoms with van der Waals surface area (Å²) in [6, 6.07) is 7.13. The number of hydrogen-bond acceptors (Lipinski definition) is 7. The number of azide groups is 2. The molecule has 2 aromatic carbocycles. The van der Waals surface area contributed by atoms with Gasteiger partial charge in [-0.3, -0.25) is 13.9 Å². The zero-order valence-corrected chi connectivity index (χ0v) is 20.2. The highest BCUT2D eigenvalue weighted by molar-refractivity contribution is 7.86. The molecule has 15 heteroatoms. The third kappa shape index (κ3) is 6.17. The van der Waals surface area contributed by atoms with Crippen LogP contribution in [0.1, 0.15) is 30.9 Å². The summed E-state index contributed by atoms with van der Waals surface area (Å²) in [7, 11) is -9.46. The van der Waals surface area contributed by atoms with Crippen LogP contribution in [0.5, 0.6) is 0 Å². The number of ketones is 1. The molecule has 1 aliphatic rings. The average Bonchev–Trinajstić information content (AvgIpc) is 2.78. The van der Waals surface area contributed by atoms with Crippen molar-refractivity contribution in [3.8, 4) is 0 Å². The van der Waals surface area contributed by atoms with Gasteiger partial charge in [-0.05, 0) is 65.2 Å². The molecule has 1 aliphatic carbocycles. The van der Waals surface area contributed by atoms with Crippen molar-refractivity contribution in [3.63, 3.8) is 0 Å². The zero-order valence-electron chi connectivity index (χ0n) is 18.5. The van der Waals surface area contributed by atoms with Gasteiger partial charge >= 0.3 is 0 Å². The minimum Gasteiger partial charge on any atom is -0.289 e. The van der Waals surface area contributed by atoms with Gasteiger partial charge in [-0.15, -0.1) is 0 Å². The molecule has 0 heterocycles. The quantitative estimate of drug-likeness (QED) is 0.159. The Hall–Kier alpha value is -3.97. The highest BCUT2D eigenvalue weighted by Crippen LogP contribution is 2.35. The fourth-order valence-corrected chi connectivity index (χ4v) is 5.19. The van der Waals surface area contributed by atoms with Crippen LogP contribution in [0.3, 0.4) is 0 Å². The maximum Gasteiger partial charge on any atom is 0.295 e. The highest BCUT2D eigenvalue weighted by atomic mass is 32.2. The summed E-state index contributed by atoms with van der Waals surface area (Å²) in [5.74, 6) is -0.595. The molecule has 2 N–H and O–H groups in total. The van der Waals surface area contributed by atoms with E-state index in [-0.39, 0.29) is 52.4 Å². The van der Waals surface area contributed by atoms with Gasteiger partial charge in [-0.1, -0.05) is 41.4 Å². The average molecular weight is 531 g/mol. The predicted molar refractivity (Wildman–Crippen MR) is 129 cm³/mol. The molecule has 1 saturated carbocycles. The van der Waals surface area contributed by atoms with Crippen molar-refractivity contribution in [2.45, 2.75) is 29.6 Å². The van der Waals surface area contributed by atoms with E-state index in [1.165, 1.54) is 36.4 Å². The number of hydrogen-bond donors (Lipinski definition) is 2. The molecule has 1 fully saturated rings. The molecular formula is C21H18N6O7S2. The molecule has 0 aromatic heterocycles. The van der Waals surface area contributed by atoms with Crippen LogP contribution < -0.4 is 0 Å². The normalized spacial score (nSPS) is 18.5. The third-order valence-electron chi connectivity index (χ3n) is 5.25. The number of allylic oxidation sites excluding steroid dienone is 2. The molecule has 36 heavy (non-hydrogen) atoms. The van der Waals surface area contributed by atoms with E-state index in [0.29, 0.717) is 0 Å². The number of nitrogens with zero attached hydrogens (tertiary/aromatic N) is 6. The molecule has 0 atom stereocenters. The van der Waals surface area contributed by atoms with Crippen molar-refractivity contribution in [3.05, 3.63) is 79.6 Å².